The third kappa shape index (κ3) is 21.6. The van der Waals surface area contributed by atoms with Crippen LogP contribution in [0.15, 0.2) is 0 Å². The number of hydrogen-bond acceptors (Lipinski definition) is 9. The molecule has 0 bridgehead atoms. The lowest BCUT2D eigenvalue weighted by Crippen LogP contribution is -2.17. The molecule has 3 N–H and O–H groups in total. The molecule has 0 unspecified atom stereocenters. The molecule has 0 fully saturated rings. The van der Waals surface area contributed by atoms with Gasteiger partial charge in [0.15, 0.2) is 0 Å². The SMILES string of the molecule is OCCOCCOCCOCCOCCOCCOCCNO. The van der Waals surface area contributed by atoms with Gasteiger partial charge in [-0.3, -0.25) is 0 Å². The lowest BCUT2D eigenvalue weighted by Gasteiger charge is -2.08. The first-order valence-corrected chi connectivity index (χ1v) is 7.86. The van der Waals surface area contributed by atoms with Crippen molar-refractivity contribution < 1.29 is 38.7 Å². The number of aliphatic hydroxyl groups excluding tert-OH is 1. The van der Waals surface area contributed by atoms with Crippen LogP contribution in [-0.2, 0) is 28.4 Å². The van der Waals surface area contributed by atoms with E-state index < -0.39 is 0 Å². The van der Waals surface area contributed by atoms with Crippen molar-refractivity contribution in [2.24, 2.45) is 0 Å². The molecule has 0 aromatic rings. The molecule has 0 atom stereocenters. The van der Waals surface area contributed by atoms with Gasteiger partial charge in [-0.05, 0) is 0 Å². The molecule has 9 heteroatoms. The molecule has 0 saturated carbocycles. The number of aliphatic hydroxyl groups is 1. The van der Waals surface area contributed by atoms with E-state index in [0.717, 1.165) is 0 Å². The number of hydroxylamine groups is 1. The molecule has 0 aliphatic rings. The zero-order valence-corrected chi connectivity index (χ0v) is 13.7. The zero-order chi connectivity index (χ0) is 16.8. The second-order valence-corrected chi connectivity index (χ2v) is 4.31. The number of hydrogen-bond donors (Lipinski definition) is 3. The summed E-state index contributed by atoms with van der Waals surface area (Å²) in [6.45, 7) is 6.29. The van der Waals surface area contributed by atoms with Gasteiger partial charge >= 0.3 is 0 Å². The average molecular weight is 341 g/mol. The minimum absolute atomic E-state index is 0.0320. The summed E-state index contributed by atoms with van der Waals surface area (Å²) in [5.74, 6) is 0. The minimum Gasteiger partial charge on any atom is -0.394 e. The van der Waals surface area contributed by atoms with Crippen LogP contribution < -0.4 is 5.48 Å². The van der Waals surface area contributed by atoms with E-state index in [9.17, 15) is 0 Å². The van der Waals surface area contributed by atoms with Gasteiger partial charge in [-0.25, -0.2) is 5.48 Å². The Balaban J connectivity index is 2.92. The molecule has 23 heavy (non-hydrogen) atoms. The number of ether oxygens (including phenoxy) is 6. The highest BCUT2D eigenvalue weighted by atomic mass is 16.6. The van der Waals surface area contributed by atoms with Crippen LogP contribution in [0.5, 0.6) is 0 Å². The first kappa shape index (κ1) is 22.6. The second-order valence-electron chi connectivity index (χ2n) is 4.31. The first-order chi connectivity index (χ1) is 11.4. The normalized spacial score (nSPS) is 11.2. The molecular formula is C14H31NO8. The topological polar surface area (TPSA) is 108 Å². The van der Waals surface area contributed by atoms with Gasteiger partial charge in [0.2, 0.25) is 0 Å². The van der Waals surface area contributed by atoms with Crippen molar-refractivity contribution in [2.75, 3.05) is 92.4 Å². The van der Waals surface area contributed by atoms with Crippen LogP contribution in [0.2, 0.25) is 0 Å². The van der Waals surface area contributed by atoms with Gasteiger partial charge in [0, 0.05) is 6.54 Å². The van der Waals surface area contributed by atoms with Crippen LogP contribution in [-0.4, -0.2) is 103 Å². The third-order valence-corrected chi connectivity index (χ3v) is 2.45. The fourth-order valence-electron chi connectivity index (χ4n) is 1.38. The van der Waals surface area contributed by atoms with E-state index in [0.29, 0.717) is 85.8 Å². The van der Waals surface area contributed by atoms with Crippen molar-refractivity contribution in [2.45, 2.75) is 0 Å². The standard InChI is InChI=1S/C14H31NO8/c16-2-4-19-6-8-21-10-12-23-14-13-22-11-9-20-7-5-18-3-1-15-17/h15-17H,1-14H2. The van der Waals surface area contributed by atoms with Crippen molar-refractivity contribution in [3.63, 3.8) is 0 Å². The maximum atomic E-state index is 8.49. The van der Waals surface area contributed by atoms with Crippen molar-refractivity contribution >= 4 is 0 Å². The van der Waals surface area contributed by atoms with Crippen molar-refractivity contribution in [1.82, 2.24) is 5.48 Å². The Kier molecular flexibility index (Phi) is 21.3. The van der Waals surface area contributed by atoms with Crippen LogP contribution in [0.1, 0.15) is 0 Å². The van der Waals surface area contributed by atoms with Crippen molar-refractivity contribution in [3.8, 4) is 0 Å². The van der Waals surface area contributed by atoms with Crippen molar-refractivity contribution in [1.29, 1.82) is 0 Å². The predicted molar refractivity (Wildman–Crippen MR) is 81.8 cm³/mol. The van der Waals surface area contributed by atoms with Crippen LogP contribution in [0.4, 0.5) is 0 Å². The number of rotatable bonds is 20. The van der Waals surface area contributed by atoms with E-state index in [1.165, 1.54) is 0 Å². The van der Waals surface area contributed by atoms with Gasteiger partial charge < -0.3 is 38.7 Å². The van der Waals surface area contributed by atoms with E-state index in [2.05, 4.69) is 0 Å². The molecule has 0 heterocycles. The molecule has 0 rings (SSSR count). The smallest absolute Gasteiger partial charge is 0.0701 e. The van der Waals surface area contributed by atoms with Gasteiger partial charge in [-0.2, -0.15) is 0 Å². The Hall–Kier alpha value is -0.360. The molecule has 0 saturated heterocycles. The van der Waals surface area contributed by atoms with E-state index in [1.807, 2.05) is 5.48 Å². The Morgan fingerprint density at radius 3 is 1.09 bits per heavy atom. The molecule has 9 nitrogen and oxygen atoms in total. The summed E-state index contributed by atoms with van der Waals surface area (Å²) >= 11 is 0. The first-order valence-electron chi connectivity index (χ1n) is 7.86. The van der Waals surface area contributed by atoms with E-state index in [-0.39, 0.29) is 6.61 Å². The summed E-state index contributed by atoms with van der Waals surface area (Å²) in [7, 11) is 0. The summed E-state index contributed by atoms with van der Waals surface area (Å²) in [4.78, 5) is 0. The van der Waals surface area contributed by atoms with Gasteiger partial charge in [0.1, 0.15) is 0 Å². The molecule has 0 radical (unpaired) electrons. The van der Waals surface area contributed by atoms with E-state index in [1.54, 1.807) is 0 Å². The average Bonchev–Trinajstić information content (AvgIpc) is 2.57. The Morgan fingerprint density at radius 1 is 0.478 bits per heavy atom. The van der Waals surface area contributed by atoms with Gasteiger partial charge in [-0.1, -0.05) is 0 Å². The molecule has 140 valence electrons. The Morgan fingerprint density at radius 2 is 0.783 bits per heavy atom. The van der Waals surface area contributed by atoms with E-state index >= 15 is 0 Å². The molecule has 0 aliphatic heterocycles. The molecule has 0 aromatic heterocycles. The molecule has 0 spiro atoms. The maximum Gasteiger partial charge on any atom is 0.0701 e. The lowest BCUT2D eigenvalue weighted by molar-refractivity contribution is -0.0187. The summed E-state index contributed by atoms with van der Waals surface area (Å²) in [6.07, 6.45) is 0. The van der Waals surface area contributed by atoms with Gasteiger partial charge in [0.05, 0.1) is 85.9 Å². The van der Waals surface area contributed by atoms with Crippen LogP contribution in [0.3, 0.4) is 0 Å². The second kappa shape index (κ2) is 21.6. The van der Waals surface area contributed by atoms with Crippen molar-refractivity contribution in [3.05, 3.63) is 0 Å². The van der Waals surface area contributed by atoms with Gasteiger partial charge in [-0.15, -0.1) is 0 Å². The molecule has 0 amide bonds. The summed E-state index contributed by atoms with van der Waals surface area (Å²) < 4.78 is 31.4. The predicted octanol–water partition coefficient (Wildman–Crippen LogP) is -0.943. The summed E-state index contributed by atoms with van der Waals surface area (Å²) in [5, 5.41) is 16.8. The quantitative estimate of drug-likeness (QED) is 0.191. The highest BCUT2D eigenvalue weighted by Gasteiger charge is 1.93. The van der Waals surface area contributed by atoms with Crippen LogP contribution >= 0.6 is 0 Å². The lowest BCUT2D eigenvalue weighted by atomic mass is 10.6. The van der Waals surface area contributed by atoms with Crippen LogP contribution in [0.25, 0.3) is 0 Å². The third-order valence-electron chi connectivity index (χ3n) is 2.45. The Bertz CT molecular complexity index is 191. The molecular weight excluding hydrogens is 310 g/mol. The van der Waals surface area contributed by atoms with Crippen LogP contribution in [0, 0.1) is 0 Å². The minimum atomic E-state index is 0.0320. The van der Waals surface area contributed by atoms with E-state index in [4.69, 9.17) is 38.7 Å². The molecule has 0 aliphatic carbocycles. The highest BCUT2D eigenvalue weighted by molar-refractivity contribution is 4.37. The van der Waals surface area contributed by atoms with Gasteiger partial charge in [0.25, 0.3) is 0 Å². The highest BCUT2D eigenvalue weighted by Crippen LogP contribution is 1.84. The zero-order valence-electron chi connectivity index (χ0n) is 13.7. The summed E-state index contributed by atoms with van der Waals surface area (Å²) in [5.41, 5.74) is 2.01. The fourth-order valence-corrected chi connectivity index (χ4v) is 1.38. The monoisotopic (exact) mass is 341 g/mol. The Labute approximate surface area is 137 Å². The maximum absolute atomic E-state index is 8.49. The fraction of sp³-hybridized carbons (Fsp3) is 1.00. The number of nitrogens with one attached hydrogen (secondary N) is 1. The molecule has 0 aromatic carbocycles. The summed E-state index contributed by atoms with van der Waals surface area (Å²) in [6, 6.07) is 0. The largest absolute Gasteiger partial charge is 0.394 e.